The Bertz CT molecular complexity index is 69.0. The largest absolute Gasteiger partial charge is 0.313 e. The van der Waals surface area contributed by atoms with Crippen molar-refractivity contribution in [3.05, 3.63) is 0 Å². The van der Waals surface area contributed by atoms with Crippen molar-refractivity contribution in [2.75, 3.05) is 0 Å². The quantitative estimate of drug-likeness (QED) is 0.549. The SMILES string of the molecule is CCCCC(C=N)CC. The van der Waals surface area contributed by atoms with Crippen molar-refractivity contribution in [3.8, 4) is 0 Å². The van der Waals surface area contributed by atoms with Crippen LogP contribution < -0.4 is 0 Å². The minimum Gasteiger partial charge on any atom is -0.313 e. The van der Waals surface area contributed by atoms with Crippen molar-refractivity contribution >= 4 is 6.21 Å². The first-order valence-electron chi connectivity index (χ1n) is 3.85. The highest BCUT2D eigenvalue weighted by Gasteiger charge is 1.98. The molecule has 9 heavy (non-hydrogen) atoms. The molecule has 1 unspecified atom stereocenters. The van der Waals surface area contributed by atoms with Crippen LogP contribution in [-0.4, -0.2) is 6.21 Å². The average molecular weight is 127 g/mol. The maximum atomic E-state index is 7.01. The van der Waals surface area contributed by atoms with E-state index in [9.17, 15) is 0 Å². The van der Waals surface area contributed by atoms with Crippen LogP contribution in [0.5, 0.6) is 0 Å². The van der Waals surface area contributed by atoms with Crippen LogP contribution >= 0.6 is 0 Å². The molecule has 0 radical (unpaired) electrons. The number of hydrogen-bond donors (Lipinski definition) is 1. The topological polar surface area (TPSA) is 23.9 Å². The molecule has 0 aliphatic rings. The molecule has 0 bridgehead atoms. The molecule has 54 valence electrons. The molecular weight excluding hydrogens is 110 g/mol. The summed E-state index contributed by atoms with van der Waals surface area (Å²) < 4.78 is 0. The molecule has 0 aromatic rings. The Morgan fingerprint density at radius 2 is 2.11 bits per heavy atom. The van der Waals surface area contributed by atoms with E-state index in [4.69, 9.17) is 5.41 Å². The van der Waals surface area contributed by atoms with E-state index < -0.39 is 0 Å². The average Bonchev–Trinajstić information content (AvgIpc) is 1.91. The highest BCUT2D eigenvalue weighted by atomic mass is 14.3. The maximum absolute atomic E-state index is 7.01. The normalized spacial score (nSPS) is 13.1. The Hall–Kier alpha value is -0.330. The molecule has 0 fully saturated rings. The van der Waals surface area contributed by atoms with Gasteiger partial charge in [0.05, 0.1) is 0 Å². The van der Waals surface area contributed by atoms with Crippen molar-refractivity contribution in [2.45, 2.75) is 39.5 Å². The number of unbranched alkanes of at least 4 members (excludes halogenated alkanes) is 1. The second-order valence-electron chi connectivity index (χ2n) is 2.48. The lowest BCUT2D eigenvalue weighted by molar-refractivity contribution is 0.575. The van der Waals surface area contributed by atoms with Crippen LogP contribution in [0.4, 0.5) is 0 Å². The van der Waals surface area contributed by atoms with Gasteiger partial charge in [-0.05, 0) is 25.0 Å². The van der Waals surface area contributed by atoms with Gasteiger partial charge in [-0.1, -0.05) is 26.7 Å². The monoisotopic (exact) mass is 127 g/mol. The minimum atomic E-state index is 0.546. The number of hydrogen-bond acceptors (Lipinski definition) is 1. The summed E-state index contributed by atoms with van der Waals surface area (Å²) in [4.78, 5) is 0. The molecule has 0 aromatic heterocycles. The molecule has 0 amide bonds. The van der Waals surface area contributed by atoms with Gasteiger partial charge in [-0.2, -0.15) is 0 Å². The van der Waals surface area contributed by atoms with Crippen molar-refractivity contribution < 1.29 is 0 Å². The maximum Gasteiger partial charge on any atom is -0.00168 e. The third-order valence-corrected chi connectivity index (χ3v) is 1.69. The zero-order valence-corrected chi connectivity index (χ0v) is 6.48. The standard InChI is InChI=1S/C8H17N/c1-3-5-6-8(4-2)7-9/h7-9H,3-6H2,1-2H3. The molecule has 0 saturated heterocycles. The molecule has 0 spiro atoms. The fourth-order valence-corrected chi connectivity index (χ4v) is 0.872. The third kappa shape index (κ3) is 4.19. The molecule has 0 rings (SSSR count). The molecule has 1 nitrogen and oxygen atoms in total. The summed E-state index contributed by atoms with van der Waals surface area (Å²) in [5, 5.41) is 7.01. The Kier molecular flexibility index (Phi) is 5.59. The van der Waals surface area contributed by atoms with Gasteiger partial charge in [0.2, 0.25) is 0 Å². The van der Waals surface area contributed by atoms with Gasteiger partial charge in [0.15, 0.2) is 0 Å². The van der Waals surface area contributed by atoms with E-state index >= 15 is 0 Å². The molecule has 0 aromatic carbocycles. The second kappa shape index (κ2) is 5.80. The van der Waals surface area contributed by atoms with Gasteiger partial charge in [0, 0.05) is 0 Å². The lowest BCUT2D eigenvalue weighted by atomic mass is 10.0. The number of nitrogens with one attached hydrogen (secondary N) is 1. The zero-order valence-electron chi connectivity index (χ0n) is 6.48. The summed E-state index contributed by atoms with van der Waals surface area (Å²) in [6.07, 6.45) is 6.44. The van der Waals surface area contributed by atoms with Gasteiger partial charge in [-0.25, -0.2) is 0 Å². The van der Waals surface area contributed by atoms with Gasteiger partial charge in [0.25, 0.3) is 0 Å². The predicted octanol–water partition coefficient (Wildman–Crippen LogP) is 2.85. The van der Waals surface area contributed by atoms with Crippen LogP contribution in [0.25, 0.3) is 0 Å². The van der Waals surface area contributed by atoms with Gasteiger partial charge in [0.1, 0.15) is 0 Å². The van der Waals surface area contributed by atoms with E-state index in [2.05, 4.69) is 13.8 Å². The van der Waals surface area contributed by atoms with Gasteiger partial charge < -0.3 is 5.41 Å². The minimum absolute atomic E-state index is 0.546. The number of rotatable bonds is 5. The van der Waals surface area contributed by atoms with Crippen LogP contribution in [0.15, 0.2) is 0 Å². The summed E-state index contributed by atoms with van der Waals surface area (Å²) in [6.45, 7) is 4.34. The molecule has 0 saturated carbocycles. The summed E-state index contributed by atoms with van der Waals surface area (Å²) in [7, 11) is 0. The first-order chi connectivity index (χ1) is 4.35. The molecule has 0 heterocycles. The Morgan fingerprint density at radius 1 is 1.44 bits per heavy atom. The smallest absolute Gasteiger partial charge is 0.00168 e. The van der Waals surface area contributed by atoms with E-state index in [1.165, 1.54) is 19.3 Å². The Morgan fingerprint density at radius 3 is 2.44 bits per heavy atom. The van der Waals surface area contributed by atoms with Crippen LogP contribution in [0.1, 0.15) is 39.5 Å². The van der Waals surface area contributed by atoms with E-state index in [1.54, 1.807) is 6.21 Å². The lowest BCUT2D eigenvalue weighted by Crippen LogP contribution is -1.98. The Labute approximate surface area is 58.0 Å². The second-order valence-corrected chi connectivity index (χ2v) is 2.48. The first-order valence-corrected chi connectivity index (χ1v) is 3.85. The van der Waals surface area contributed by atoms with E-state index in [-0.39, 0.29) is 0 Å². The third-order valence-electron chi connectivity index (χ3n) is 1.69. The van der Waals surface area contributed by atoms with Crippen LogP contribution in [0.3, 0.4) is 0 Å². The molecule has 1 atom stereocenters. The van der Waals surface area contributed by atoms with Crippen molar-refractivity contribution in [1.29, 1.82) is 5.41 Å². The summed E-state index contributed by atoms with van der Waals surface area (Å²) >= 11 is 0. The molecule has 0 aliphatic carbocycles. The van der Waals surface area contributed by atoms with Crippen molar-refractivity contribution in [3.63, 3.8) is 0 Å². The molecule has 0 aliphatic heterocycles. The summed E-state index contributed by atoms with van der Waals surface area (Å²) in [5.74, 6) is 0.546. The van der Waals surface area contributed by atoms with Crippen molar-refractivity contribution in [1.82, 2.24) is 0 Å². The zero-order chi connectivity index (χ0) is 7.11. The fourth-order valence-electron chi connectivity index (χ4n) is 0.872. The van der Waals surface area contributed by atoms with Crippen LogP contribution in [-0.2, 0) is 0 Å². The Balaban J connectivity index is 3.20. The van der Waals surface area contributed by atoms with Crippen LogP contribution in [0, 0.1) is 11.3 Å². The lowest BCUT2D eigenvalue weighted by Gasteiger charge is -2.05. The van der Waals surface area contributed by atoms with E-state index in [1.807, 2.05) is 0 Å². The van der Waals surface area contributed by atoms with Gasteiger partial charge >= 0.3 is 0 Å². The molecular formula is C8H17N. The highest BCUT2D eigenvalue weighted by Crippen LogP contribution is 2.08. The summed E-state index contributed by atoms with van der Waals surface area (Å²) in [5.41, 5.74) is 0. The highest BCUT2D eigenvalue weighted by molar-refractivity contribution is 5.56. The van der Waals surface area contributed by atoms with Gasteiger partial charge in [-0.3, -0.25) is 0 Å². The molecule has 1 heteroatoms. The van der Waals surface area contributed by atoms with Crippen LogP contribution in [0.2, 0.25) is 0 Å². The summed E-state index contributed by atoms with van der Waals surface area (Å²) in [6, 6.07) is 0. The first kappa shape index (κ1) is 8.67. The van der Waals surface area contributed by atoms with Crippen molar-refractivity contribution in [2.24, 2.45) is 5.92 Å². The molecule has 1 N–H and O–H groups in total. The predicted molar refractivity (Wildman–Crippen MR) is 42.1 cm³/mol. The van der Waals surface area contributed by atoms with E-state index in [0.717, 1.165) is 6.42 Å². The van der Waals surface area contributed by atoms with E-state index in [0.29, 0.717) is 5.92 Å². The fraction of sp³-hybridized carbons (Fsp3) is 0.875. The van der Waals surface area contributed by atoms with Gasteiger partial charge in [-0.15, -0.1) is 0 Å².